The normalized spacial score (nSPS) is 16.5. The molecule has 1 atom stereocenters. The lowest BCUT2D eigenvalue weighted by Gasteiger charge is -2.34. The van der Waals surface area contributed by atoms with Crippen LogP contribution in [0.25, 0.3) is 0 Å². The minimum absolute atomic E-state index is 0.0372. The second-order valence-electron chi connectivity index (χ2n) is 5.16. The van der Waals surface area contributed by atoms with Crippen LogP contribution in [0.15, 0.2) is 30.3 Å². The van der Waals surface area contributed by atoms with Crippen LogP contribution in [0, 0.1) is 0 Å². The molecule has 0 aliphatic carbocycles. The molecule has 9 heteroatoms. The van der Waals surface area contributed by atoms with E-state index in [1.54, 1.807) is 18.2 Å². The Kier molecular flexibility index (Phi) is 4.16. The molecule has 2 aromatic rings. The summed E-state index contributed by atoms with van der Waals surface area (Å²) < 4.78 is 0. The molecule has 4 N–H and O–H groups in total. The van der Waals surface area contributed by atoms with Gasteiger partial charge in [0.25, 0.3) is 5.91 Å². The number of fused-ring (bicyclic) bond motifs is 1. The number of anilines is 1. The Bertz CT molecular complexity index is 851. The van der Waals surface area contributed by atoms with E-state index in [2.05, 4.69) is 5.32 Å². The molecule has 7 nitrogen and oxygen atoms in total. The van der Waals surface area contributed by atoms with Crippen LogP contribution >= 0.6 is 22.9 Å². The summed E-state index contributed by atoms with van der Waals surface area (Å²) in [6.45, 7) is 0. The zero-order valence-corrected chi connectivity index (χ0v) is 13.7. The molecule has 124 valence electrons. The lowest BCUT2D eigenvalue weighted by molar-refractivity contribution is 0.0701. The third-order valence-electron chi connectivity index (χ3n) is 3.55. The molecule has 0 radical (unpaired) electrons. The molecule has 1 unspecified atom stereocenters. The topological polar surface area (TPSA) is 113 Å². The Morgan fingerprint density at radius 3 is 2.75 bits per heavy atom. The molecule has 1 aromatic carbocycles. The largest absolute Gasteiger partial charge is 0.477 e. The Hall–Kier alpha value is -2.58. The van der Waals surface area contributed by atoms with Crippen molar-refractivity contribution in [2.45, 2.75) is 12.6 Å². The third kappa shape index (κ3) is 2.93. The molecule has 2 heterocycles. The average Bonchev–Trinajstić information content (AvgIpc) is 2.92. The van der Waals surface area contributed by atoms with Crippen molar-refractivity contribution in [1.82, 2.24) is 5.32 Å². The van der Waals surface area contributed by atoms with Crippen LogP contribution in [0.4, 0.5) is 10.5 Å². The van der Waals surface area contributed by atoms with Crippen molar-refractivity contribution >= 4 is 46.5 Å². The Labute approximate surface area is 145 Å². The molecule has 0 bridgehead atoms. The molecule has 3 rings (SSSR count). The maximum Gasteiger partial charge on any atom is 0.345 e. The number of carboxylic acid groups (broad SMARTS) is 1. The molecular weight excluding hydrogens is 354 g/mol. The molecule has 0 spiro atoms. The van der Waals surface area contributed by atoms with Crippen LogP contribution in [-0.4, -0.2) is 29.2 Å². The first kappa shape index (κ1) is 16.3. The predicted molar refractivity (Wildman–Crippen MR) is 89.8 cm³/mol. The van der Waals surface area contributed by atoms with Gasteiger partial charge < -0.3 is 16.2 Å². The van der Waals surface area contributed by atoms with Gasteiger partial charge in [-0.15, -0.1) is 11.3 Å². The number of hydrogen-bond acceptors (Lipinski definition) is 4. The van der Waals surface area contributed by atoms with Crippen molar-refractivity contribution in [1.29, 1.82) is 0 Å². The number of aromatic carboxylic acids is 1. The molecule has 24 heavy (non-hydrogen) atoms. The fourth-order valence-corrected chi connectivity index (χ4v) is 3.68. The fourth-order valence-electron chi connectivity index (χ4n) is 2.58. The van der Waals surface area contributed by atoms with Gasteiger partial charge in [0.2, 0.25) is 0 Å². The molecule has 1 aliphatic heterocycles. The van der Waals surface area contributed by atoms with Crippen LogP contribution in [-0.2, 0) is 6.42 Å². The van der Waals surface area contributed by atoms with Crippen molar-refractivity contribution in [3.05, 3.63) is 50.7 Å². The number of carbonyl (C=O) groups excluding carboxylic acids is 2. The van der Waals surface area contributed by atoms with E-state index in [-0.39, 0.29) is 21.9 Å². The lowest BCUT2D eigenvalue weighted by atomic mass is 10.1. The van der Waals surface area contributed by atoms with Gasteiger partial charge in [0, 0.05) is 11.4 Å². The van der Waals surface area contributed by atoms with Gasteiger partial charge in [-0.2, -0.15) is 0 Å². The standard InChI is InChI=1S/C15H12ClN3O4S/c16-8-3-1-2-7(4-8)5-11-18-13(20)12-9(19(11)15(17)23)6-10(24-12)14(21)22/h1-4,6,11H,5H2,(H2,17,23)(H,18,20)(H,21,22). The summed E-state index contributed by atoms with van der Waals surface area (Å²) in [5.41, 5.74) is 6.46. The highest BCUT2D eigenvalue weighted by atomic mass is 35.5. The van der Waals surface area contributed by atoms with E-state index in [1.807, 2.05) is 6.07 Å². The number of urea groups is 1. The number of carbonyl (C=O) groups is 3. The van der Waals surface area contributed by atoms with E-state index in [4.69, 9.17) is 22.4 Å². The van der Waals surface area contributed by atoms with Gasteiger partial charge in [-0.25, -0.2) is 9.59 Å². The second-order valence-corrected chi connectivity index (χ2v) is 6.65. The van der Waals surface area contributed by atoms with Crippen molar-refractivity contribution in [2.75, 3.05) is 4.90 Å². The van der Waals surface area contributed by atoms with Crippen molar-refractivity contribution in [2.24, 2.45) is 5.73 Å². The molecule has 1 aliphatic rings. The Morgan fingerprint density at radius 2 is 2.12 bits per heavy atom. The number of carboxylic acids is 1. The predicted octanol–water partition coefficient (Wildman–Crippen LogP) is 2.30. The zero-order valence-electron chi connectivity index (χ0n) is 12.2. The van der Waals surface area contributed by atoms with E-state index in [1.165, 1.54) is 11.0 Å². The maximum absolute atomic E-state index is 12.3. The number of benzene rings is 1. The quantitative estimate of drug-likeness (QED) is 0.774. The summed E-state index contributed by atoms with van der Waals surface area (Å²) in [6, 6.07) is 7.51. The van der Waals surface area contributed by atoms with Gasteiger partial charge in [-0.1, -0.05) is 23.7 Å². The second kappa shape index (κ2) is 6.14. The number of primary amides is 1. The smallest absolute Gasteiger partial charge is 0.345 e. The molecule has 1 aromatic heterocycles. The van der Waals surface area contributed by atoms with E-state index in [0.717, 1.165) is 16.9 Å². The van der Waals surface area contributed by atoms with Crippen LogP contribution in [0.1, 0.15) is 24.9 Å². The van der Waals surface area contributed by atoms with Crippen LogP contribution in [0.3, 0.4) is 0 Å². The zero-order chi connectivity index (χ0) is 17.4. The summed E-state index contributed by atoms with van der Waals surface area (Å²) in [4.78, 5) is 36.6. The van der Waals surface area contributed by atoms with E-state index < -0.39 is 24.1 Å². The maximum atomic E-state index is 12.3. The highest BCUT2D eigenvalue weighted by molar-refractivity contribution is 7.16. The van der Waals surface area contributed by atoms with Crippen LogP contribution < -0.4 is 16.0 Å². The molecule has 0 saturated carbocycles. The number of thiophene rings is 1. The fraction of sp³-hybridized carbons (Fsp3) is 0.133. The number of nitrogens with one attached hydrogen (secondary N) is 1. The minimum Gasteiger partial charge on any atom is -0.477 e. The van der Waals surface area contributed by atoms with E-state index >= 15 is 0 Å². The number of hydrogen-bond donors (Lipinski definition) is 3. The first-order valence-electron chi connectivity index (χ1n) is 6.88. The number of rotatable bonds is 3. The summed E-state index contributed by atoms with van der Waals surface area (Å²) in [5, 5.41) is 12.3. The number of nitrogens with zero attached hydrogens (tertiary/aromatic N) is 1. The number of halogens is 1. The monoisotopic (exact) mass is 365 g/mol. The third-order valence-corrected chi connectivity index (χ3v) is 4.90. The van der Waals surface area contributed by atoms with Gasteiger partial charge in [-0.3, -0.25) is 9.69 Å². The number of nitrogens with two attached hydrogens (primary N) is 1. The van der Waals surface area contributed by atoms with Crippen molar-refractivity contribution in [3.63, 3.8) is 0 Å². The summed E-state index contributed by atoms with van der Waals surface area (Å²) in [7, 11) is 0. The summed E-state index contributed by atoms with van der Waals surface area (Å²) >= 11 is 6.75. The summed E-state index contributed by atoms with van der Waals surface area (Å²) in [6.07, 6.45) is -0.440. The lowest BCUT2D eigenvalue weighted by Crippen LogP contribution is -2.57. The molecule has 0 fully saturated rings. The van der Waals surface area contributed by atoms with E-state index in [9.17, 15) is 14.4 Å². The van der Waals surface area contributed by atoms with Gasteiger partial charge >= 0.3 is 12.0 Å². The molecule has 0 saturated heterocycles. The van der Waals surface area contributed by atoms with Gasteiger partial charge in [0.15, 0.2) is 0 Å². The van der Waals surface area contributed by atoms with Gasteiger partial charge in [0.05, 0.1) is 5.69 Å². The van der Waals surface area contributed by atoms with Crippen LogP contribution in [0.5, 0.6) is 0 Å². The highest BCUT2D eigenvalue weighted by Gasteiger charge is 2.36. The average molecular weight is 366 g/mol. The van der Waals surface area contributed by atoms with E-state index in [0.29, 0.717) is 5.02 Å². The Morgan fingerprint density at radius 1 is 1.38 bits per heavy atom. The summed E-state index contributed by atoms with van der Waals surface area (Å²) in [5.74, 6) is -1.61. The van der Waals surface area contributed by atoms with Gasteiger partial charge in [0.1, 0.15) is 15.9 Å². The highest BCUT2D eigenvalue weighted by Crippen LogP contribution is 2.35. The van der Waals surface area contributed by atoms with Gasteiger partial charge in [-0.05, 0) is 23.8 Å². The van der Waals surface area contributed by atoms with Crippen molar-refractivity contribution < 1.29 is 19.5 Å². The van der Waals surface area contributed by atoms with Crippen molar-refractivity contribution in [3.8, 4) is 0 Å². The first-order valence-corrected chi connectivity index (χ1v) is 8.07. The number of amides is 3. The molecule has 3 amide bonds. The van der Waals surface area contributed by atoms with Crippen LogP contribution in [0.2, 0.25) is 5.02 Å². The first-order chi connectivity index (χ1) is 11.4. The SMILES string of the molecule is NC(=O)N1c2cc(C(=O)O)sc2C(=O)NC1Cc1cccc(Cl)c1. The molecular formula is C15H12ClN3O4S. The Balaban J connectivity index is 2.00. The minimum atomic E-state index is -1.17.